The zero-order chi connectivity index (χ0) is 18.3. The first-order valence-corrected chi connectivity index (χ1v) is 7.11. The molecule has 0 heterocycles. The van der Waals surface area contributed by atoms with Crippen molar-refractivity contribution in [3.05, 3.63) is 33.9 Å². The highest BCUT2D eigenvalue weighted by Gasteiger charge is 2.36. The van der Waals surface area contributed by atoms with Gasteiger partial charge in [0.1, 0.15) is 0 Å². The van der Waals surface area contributed by atoms with Crippen molar-refractivity contribution in [3.8, 4) is 0 Å². The molecule has 126 valence electrons. The van der Waals surface area contributed by atoms with Crippen LogP contribution in [0.15, 0.2) is 6.07 Å². The SMILES string of the molecule is CC(C)(C)c1cc(C(=O)O)c(C(=O)O)c(C(C)(C)C)c1C(=O)O. The van der Waals surface area contributed by atoms with Gasteiger partial charge in [0.15, 0.2) is 0 Å². The first kappa shape index (κ1) is 18.7. The lowest BCUT2D eigenvalue weighted by atomic mass is 9.72. The molecule has 0 unspecified atom stereocenters. The molecule has 23 heavy (non-hydrogen) atoms. The van der Waals surface area contributed by atoms with Crippen LogP contribution in [0.25, 0.3) is 0 Å². The van der Waals surface area contributed by atoms with Crippen LogP contribution in [0.3, 0.4) is 0 Å². The molecule has 0 radical (unpaired) electrons. The molecule has 0 aliphatic rings. The molecule has 0 spiro atoms. The van der Waals surface area contributed by atoms with Gasteiger partial charge in [-0.1, -0.05) is 41.5 Å². The van der Waals surface area contributed by atoms with Gasteiger partial charge in [0, 0.05) is 0 Å². The summed E-state index contributed by atoms with van der Waals surface area (Å²) in [6.45, 7) is 10.3. The van der Waals surface area contributed by atoms with Crippen molar-refractivity contribution in [1.82, 2.24) is 0 Å². The Kier molecular flexibility index (Phi) is 4.61. The predicted molar refractivity (Wildman–Crippen MR) is 84.7 cm³/mol. The van der Waals surface area contributed by atoms with E-state index >= 15 is 0 Å². The second-order valence-corrected chi connectivity index (χ2v) is 7.51. The highest BCUT2D eigenvalue weighted by Crippen LogP contribution is 2.38. The molecular weight excluding hydrogens is 300 g/mol. The van der Waals surface area contributed by atoms with Gasteiger partial charge in [-0.2, -0.15) is 0 Å². The second kappa shape index (κ2) is 5.68. The van der Waals surface area contributed by atoms with Crippen molar-refractivity contribution < 1.29 is 29.7 Å². The zero-order valence-corrected chi connectivity index (χ0v) is 14.1. The molecule has 3 N–H and O–H groups in total. The lowest BCUT2D eigenvalue weighted by Gasteiger charge is -2.30. The van der Waals surface area contributed by atoms with Gasteiger partial charge in [0.2, 0.25) is 0 Å². The van der Waals surface area contributed by atoms with E-state index in [9.17, 15) is 29.7 Å². The molecule has 6 heteroatoms. The summed E-state index contributed by atoms with van der Waals surface area (Å²) in [5.74, 6) is -4.11. The van der Waals surface area contributed by atoms with E-state index in [4.69, 9.17) is 0 Å². The summed E-state index contributed by atoms with van der Waals surface area (Å²) in [5, 5.41) is 28.6. The summed E-state index contributed by atoms with van der Waals surface area (Å²) in [4.78, 5) is 35.1. The van der Waals surface area contributed by atoms with Gasteiger partial charge in [0.25, 0.3) is 0 Å². The lowest BCUT2D eigenvalue weighted by molar-refractivity contribution is 0.0645. The van der Waals surface area contributed by atoms with Crippen LogP contribution in [0.1, 0.15) is 83.7 Å². The number of carboxylic acids is 3. The molecule has 0 aromatic heterocycles. The van der Waals surface area contributed by atoms with Crippen molar-refractivity contribution >= 4 is 17.9 Å². The largest absolute Gasteiger partial charge is 0.478 e. The molecule has 0 amide bonds. The fourth-order valence-electron chi connectivity index (χ4n) is 2.64. The third kappa shape index (κ3) is 3.52. The second-order valence-electron chi connectivity index (χ2n) is 7.51. The van der Waals surface area contributed by atoms with Crippen LogP contribution >= 0.6 is 0 Å². The predicted octanol–water partition coefficient (Wildman–Crippen LogP) is 3.38. The van der Waals surface area contributed by atoms with E-state index < -0.39 is 39.9 Å². The summed E-state index contributed by atoms with van der Waals surface area (Å²) >= 11 is 0. The molecule has 0 aliphatic heterocycles. The zero-order valence-electron chi connectivity index (χ0n) is 14.1. The van der Waals surface area contributed by atoms with Crippen molar-refractivity contribution in [1.29, 1.82) is 0 Å². The van der Waals surface area contributed by atoms with Crippen LogP contribution in [-0.4, -0.2) is 33.2 Å². The normalized spacial score (nSPS) is 12.1. The maximum Gasteiger partial charge on any atom is 0.336 e. The Morgan fingerprint density at radius 1 is 0.739 bits per heavy atom. The molecule has 0 saturated carbocycles. The Hall–Kier alpha value is -2.37. The van der Waals surface area contributed by atoms with Crippen LogP contribution in [0.2, 0.25) is 0 Å². The van der Waals surface area contributed by atoms with Gasteiger partial charge >= 0.3 is 17.9 Å². The summed E-state index contributed by atoms with van der Waals surface area (Å²) in [6, 6.07) is 1.17. The van der Waals surface area contributed by atoms with E-state index in [-0.39, 0.29) is 11.1 Å². The van der Waals surface area contributed by atoms with E-state index in [0.29, 0.717) is 5.56 Å². The summed E-state index contributed by atoms with van der Waals surface area (Å²) in [5.41, 5.74) is -2.17. The molecule has 6 nitrogen and oxygen atoms in total. The number of aromatic carboxylic acids is 3. The molecule has 1 aromatic rings. The fraction of sp³-hybridized carbons (Fsp3) is 0.471. The number of rotatable bonds is 3. The average Bonchev–Trinajstić information content (AvgIpc) is 2.33. The van der Waals surface area contributed by atoms with Crippen molar-refractivity contribution in [2.24, 2.45) is 0 Å². The third-order valence-corrected chi connectivity index (χ3v) is 3.54. The first-order valence-electron chi connectivity index (χ1n) is 7.11. The van der Waals surface area contributed by atoms with E-state index in [1.807, 2.05) is 0 Å². The molecule has 0 saturated heterocycles. The highest BCUT2D eigenvalue weighted by molar-refractivity contribution is 6.07. The van der Waals surface area contributed by atoms with Gasteiger partial charge in [-0.05, 0) is 28.0 Å². The molecule has 0 atom stereocenters. The number of carboxylic acid groups (broad SMARTS) is 3. The number of hydrogen-bond donors (Lipinski definition) is 3. The van der Waals surface area contributed by atoms with Gasteiger partial charge < -0.3 is 15.3 Å². The standard InChI is InChI=1S/C17H22O6/c1-16(2,3)9-7-8(13(18)19)10(14(20)21)12(17(4,5)6)11(9)15(22)23/h7H,1-6H3,(H,18,19)(H,20,21)(H,22,23). The minimum atomic E-state index is -1.45. The van der Waals surface area contributed by atoms with Crippen molar-refractivity contribution in [2.75, 3.05) is 0 Å². The molecule has 1 aromatic carbocycles. The maximum atomic E-state index is 11.9. The molecule has 0 fully saturated rings. The molecule has 1 rings (SSSR count). The quantitative estimate of drug-likeness (QED) is 0.786. The minimum absolute atomic E-state index is 0.0299. The molecule has 0 bridgehead atoms. The Bertz CT molecular complexity index is 687. The van der Waals surface area contributed by atoms with Crippen LogP contribution in [-0.2, 0) is 10.8 Å². The fourth-order valence-corrected chi connectivity index (χ4v) is 2.64. The molecule has 0 aliphatic carbocycles. The Morgan fingerprint density at radius 3 is 1.43 bits per heavy atom. The van der Waals surface area contributed by atoms with E-state index in [2.05, 4.69) is 0 Å². The van der Waals surface area contributed by atoms with E-state index in [1.165, 1.54) is 6.07 Å². The molecular formula is C17H22O6. The van der Waals surface area contributed by atoms with Gasteiger partial charge in [-0.15, -0.1) is 0 Å². The van der Waals surface area contributed by atoms with Gasteiger partial charge in [0.05, 0.1) is 16.7 Å². The van der Waals surface area contributed by atoms with Crippen molar-refractivity contribution in [2.45, 2.75) is 52.4 Å². The smallest absolute Gasteiger partial charge is 0.336 e. The van der Waals surface area contributed by atoms with Crippen LogP contribution < -0.4 is 0 Å². The summed E-state index contributed by atoms with van der Waals surface area (Å²) in [6.07, 6.45) is 0. The van der Waals surface area contributed by atoms with Gasteiger partial charge in [-0.3, -0.25) is 0 Å². The number of benzene rings is 1. The summed E-state index contributed by atoms with van der Waals surface area (Å²) in [7, 11) is 0. The third-order valence-electron chi connectivity index (χ3n) is 3.54. The van der Waals surface area contributed by atoms with E-state index in [1.54, 1.807) is 41.5 Å². The monoisotopic (exact) mass is 322 g/mol. The van der Waals surface area contributed by atoms with Gasteiger partial charge in [-0.25, -0.2) is 14.4 Å². The van der Waals surface area contributed by atoms with Crippen molar-refractivity contribution in [3.63, 3.8) is 0 Å². The lowest BCUT2D eigenvalue weighted by Crippen LogP contribution is -2.29. The topological polar surface area (TPSA) is 112 Å². The Balaban J connectivity index is 4.24. The number of hydrogen-bond acceptors (Lipinski definition) is 3. The van der Waals surface area contributed by atoms with Crippen LogP contribution in [0, 0.1) is 0 Å². The summed E-state index contributed by atoms with van der Waals surface area (Å²) < 4.78 is 0. The van der Waals surface area contributed by atoms with Crippen LogP contribution in [0.5, 0.6) is 0 Å². The highest BCUT2D eigenvalue weighted by atomic mass is 16.4. The average molecular weight is 322 g/mol. The first-order chi connectivity index (χ1) is 10.2. The number of carbonyl (C=O) groups is 3. The minimum Gasteiger partial charge on any atom is -0.478 e. The Labute approximate surface area is 134 Å². The Morgan fingerprint density at radius 2 is 1.17 bits per heavy atom. The maximum absolute atomic E-state index is 11.9. The van der Waals surface area contributed by atoms with E-state index in [0.717, 1.165) is 0 Å². The van der Waals surface area contributed by atoms with Crippen LogP contribution in [0.4, 0.5) is 0 Å².